The smallest absolute Gasteiger partial charge is 0.146 e. The summed E-state index contributed by atoms with van der Waals surface area (Å²) in [6.45, 7) is 2.95. The van der Waals surface area contributed by atoms with E-state index in [4.69, 9.17) is 4.98 Å². The van der Waals surface area contributed by atoms with Crippen molar-refractivity contribution in [3.63, 3.8) is 0 Å². The topological polar surface area (TPSA) is 22.2 Å². The molecule has 0 bridgehead atoms. The monoisotopic (exact) mass is 311 g/mol. The molecular formula is C21H17N3. The van der Waals surface area contributed by atoms with E-state index in [2.05, 4.69) is 88.8 Å². The molecule has 5 aromatic rings. The summed E-state index contributed by atoms with van der Waals surface area (Å²) in [6.07, 6.45) is 2.13. The van der Waals surface area contributed by atoms with Gasteiger partial charge in [-0.15, -0.1) is 0 Å². The van der Waals surface area contributed by atoms with Gasteiger partial charge < -0.3 is 4.57 Å². The molecule has 3 heterocycles. The molecule has 0 spiro atoms. The molecule has 0 fully saturated rings. The number of benzene rings is 2. The van der Waals surface area contributed by atoms with Gasteiger partial charge in [0.2, 0.25) is 0 Å². The van der Waals surface area contributed by atoms with E-state index in [0.29, 0.717) is 0 Å². The Morgan fingerprint density at radius 2 is 1.71 bits per heavy atom. The molecule has 0 radical (unpaired) electrons. The highest BCUT2D eigenvalue weighted by Gasteiger charge is 2.16. The fraction of sp³-hybridized carbons (Fsp3) is 0.0952. The Kier molecular flexibility index (Phi) is 2.77. The number of para-hydroxylation sites is 1. The standard InChI is InChI=1S/C21H17N3/c1-15-11-12-23-19(13-15)22-20-17-9-5-6-10-18(17)24(21(20)23)14-16-7-3-2-4-8-16/h2-13H,14H2,1H3. The van der Waals surface area contributed by atoms with Crippen LogP contribution in [-0.2, 0) is 6.54 Å². The zero-order valence-electron chi connectivity index (χ0n) is 13.5. The first kappa shape index (κ1) is 13.4. The van der Waals surface area contributed by atoms with Gasteiger partial charge in [-0.2, -0.15) is 0 Å². The van der Waals surface area contributed by atoms with E-state index in [1.807, 2.05) is 0 Å². The Hall–Kier alpha value is -3.07. The maximum atomic E-state index is 4.91. The summed E-state index contributed by atoms with van der Waals surface area (Å²) in [7, 11) is 0. The summed E-state index contributed by atoms with van der Waals surface area (Å²) in [5.74, 6) is 0. The third kappa shape index (κ3) is 1.88. The largest absolute Gasteiger partial charge is 0.321 e. The Morgan fingerprint density at radius 1 is 0.917 bits per heavy atom. The Labute approximate surface area is 139 Å². The van der Waals surface area contributed by atoms with Gasteiger partial charge in [0.1, 0.15) is 16.8 Å². The van der Waals surface area contributed by atoms with Gasteiger partial charge in [-0.25, -0.2) is 4.98 Å². The van der Waals surface area contributed by atoms with Gasteiger partial charge in [-0.05, 0) is 36.2 Å². The van der Waals surface area contributed by atoms with Gasteiger partial charge in [0.15, 0.2) is 0 Å². The molecule has 0 unspecified atom stereocenters. The van der Waals surface area contributed by atoms with Crippen molar-refractivity contribution >= 4 is 27.7 Å². The van der Waals surface area contributed by atoms with Gasteiger partial charge in [0.25, 0.3) is 0 Å². The second kappa shape index (κ2) is 4.96. The first-order valence-corrected chi connectivity index (χ1v) is 8.21. The van der Waals surface area contributed by atoms with Crippen molar-refractivity contribution in [2.45, 2.75) is 13.5 Å². The van der Waals surface area contributed by atoms with E-state index in [-0.39, 0.29) is 0 Å². The molecule has 3 nitrogen and oxygen atoms in total. The molecule has 5 rings (SSSR count). The highest BCUT2D eigenvalue weighted by molar-refractivity contribution is 6.06. The highest BCUT2D eigenvalue weighted by Crippen LogP contribution is 2.30. The van der Waals surface area contributed by atoms with E-state index in [1.165, 1.54) is 22.0 Å². The van der Waals surface area contributed by atoms with Crippen LogP contribution in [0.15, 0.2) is 72.9 Å². The molecular weight excluding hydrogens is 294 g/mol. The summed E-state index contributed by atoms with van der Waals surface area (Å²) in [6, 6.07) is 23.4. The van der Waals surface area contributed by atoms with E-state index < -0.39 is 0 Å². The molecule has 0 saturated heterocycles. The fourth-order valence-corrected chi connectivity index (χ4v) is 3.52. The lowest BCUT2D eigenvalue weighted by Gasteiger charge is -2.08. The van der Waals surface area contributed by atoms with E-state index >= 15 is 0 Å². The van der Waals surface area contributed by atoms with Crippen molar-refractivity contribution in [2.75, 3.05) is 0 Å². The number of aromatic nitrogens is 3. The second-order valence-corrected chi connectivity index (χ2v) is 6.31. The zero-order valence-corrected chi connectivity index (χ0v) is 13.5. The minimum absolute atomic E-state index is 0.840. The van der Waals surface area contributed by atoms with Crippen LogP contribution in [0.4, 0.5) is 0 Å². The van der Waals surface area contributed by atoms with Crippen LogP contribution in [0.1, 0.15) is 11.1 Å². The first-order chi connectivity index (χ1) is 11.8. The number of aryl methyl sites for hydroxylation is 1. The molecule has 0 aliphatic rings. The third-order valence-electron chi connectivity index (χ3n) is 4.65. The number of rotatable bonds is 2. The quantitative estimate of drug-likeness (QED) is 0.459. The summed E-state index contributed by atoms with van der Waals surface area (Å²) in [5, 5.41) is 1.21. The summed E-state index contributed by atoms with van der Waals surface area (Å²) < 4.78 is 4.57. The Morgan fingerprint density at radius 3 is 2.58 bits per heavy atom. The lowest BCUT2D eigenvalue weighted by molar-refractivity contribution is 0.850. The molecule has 116 valence electrons. The van der Waals surface area contributed by atoms with Crippen LogP contribution < -0.4 is 0 Å². The second-order valence-electron chi connectivity index (χ2n) is 6.31. The Bertz CT molecular complexity index is 1180. The molecule has 24 heavy (non-hydrogen) atoms. The van der Waals surface area contributed by atoms with Crippen LogP contribution in [0.3, 0.4) is 0 Å². The van der Waals surface area contributed by atoms with Crippen molar-refractivity contribution in [2.24, 2.45) is 0 Å². The minimum atomic E-state index is 0.840. The van der Waals surface area contributed by atoms with E-state index in [0.717, 1.165) is 23.4 Å². The number of nitrogens with zero attached hydrogens (tertiary/aromatic N) is 3. The summed E-state index contributed by atoms with van der Waals surface area (Å²) in [5.41, 5.74) is 7.00. The van der Waals surface area contributed by atoms with Crippen molar-refractivity contribution in [1.82, 2.24) is 14.0 Å². The number of fused-ring (bicyclic) bond motifs is 5. The van der Waals surface area contributed by atoms with Crippen LogP contribution in [-0.4, -0.2) is 14.0 Å². The van der Waals surface area contributed by atoms with Gasteiger partial charge >= 0.3 is 0 Å². The predicted molar refractivity (Wildman–Crippen MR) is 98.5 cm³/mol. The number of hydrogen-bond donors (Lipinski definition) is 0. The minimum Gasteiger partial charge on any atom is -0.321 e. The summed E-state index contributed by atoms with van der Waals surface area (Å²) in [4.78, 5) is 4.91. The maximum Gasteiger partial charge on any atom is 0.146 e. The molecule has 0 amide bonds. The average Bonchev–Trinajstić information content (AvgIpc) is 3.11. The van der Waals surface area contributed by atoms with Crippen LogP contribution in [0, 0.1) is 6.92 Å². The van der Waals surface area contributed by atoms with Crippen molar-refractivity contribution in [1.29, 1.82) is 0 Å². The highest BCUT2D eigenvalue weighted by atomic mass is 15.1. The Balaban J connectivity index is 1.89. The molecule has 3 aromatic heterocycles. The number of pyridine rings is 1. The zero-order chi connectivity index (χ0) is 16.1. The van der Waals surface area contributed by atoms with Crippen LogP contribution in [0.2, 0.25) is 0 Å². The van der Waals surface area contributed by atoms with Gasteiger partial charge in [0.05, 0.1) is 5.52 Å². The molecule has 0 aliphatic heterocycles. The summed E-state index contributed by atoms with van der Waals surface area (Å²) >= 11 is 0. The van der Waals surface area contributed by atoms with Gasteiger partial charge in [0, 0.05) is 18.1 Å². The first-order valence-electron chi connectivity index (χ1n) is 8.21. The molecule has 3 heteroatoms. The molecule has 0 saturated carbocycles. The van der Waals surface area contributed by atoms with E-state index in [9.17, 15) is 0 Å². The van der Waals surface area contributed by atoms with Crippen LogP contribution >= 0.6 is 0 Å². The van der Waals surface area contributed by atoms with Gasteiger partial charge in [-0.1, -0.05) is 48.5 Å². The SMILES string of the molecule is Cc1ccn2c(c1)nc1c3ccccc3n(Cc3ccccc3)c12. The predicted octanol–water partition coefficient (Wildman–Crippen LogP) is 4.80. The van der Waals surface area contributed by atoms with Crippen LogP contribution in [0.5, 0.6) is 0 Å². The van der Waals surface area contributed by atoms with Crippen LogP contribution in [0.25, 0.3) is 27.7 Å². The number of hydrogen-bond acceptors (Lipinski definition) is 1. The lowest BCUT2D eigenvalue weighted by Crippen LogP contribution is -2.01. The molecule has 0 N–H and O–H groups in total. The van der Waals surface area contributed by atoms with Gasteiger partial charge in [-0.3, -0.25) is 4.40 Å². The normalized spacial score (nSPS) is 11.7. The van der Waals surface area contributed by atoms with Crippen molar-refractivity contribution in [3.8, 4) is 0 Å². The molecule has 2 aromatic carbocycles. The number of imidazole rings is 1. The average molecular weight is 311 g/mol. The van der Waals surface area contributed by atoms with E-state index in [1.54, 1.807) is 0 Å². The fourth-order valence-electron chi connectivity index (χ4n) is 3.52. The maximum absolute atomic E-state index is 4.91. The van der Waals surface area contributed by atoms with Crippen molar-refractivity contribution in [3.05, 3.63) is 84.1 Å². The lowest BCUT2D eigenvalue weighted by atomic mass is 10.2. The molecule has 0 atom stereocenters. The third-order valence-corrected chi connectivity index (χ3v) is 4.65. The van der Waals surface area contributed by atoms with Crippen molar-refractivity contribution < 1.29 is 0 Å². The molecule has 0 aliphatic carbocycles.